The van der Waals surface area contributed by atoms with E-state index in [-0.39, 0.29) is 32.2 Å². The van der Waals surface area contributed by atoms with Crippen LogP contribution in [-0.4, -0.2) is 45.6 Å². The summed E-state index contributed by atoms with van der Waals surface area (Å²) >= 11 is 1.92. The molecule has 1 aromatic heterocycles. The number of carbonyl (C=O) groups is 1. The van der Waals surface area contributed by atoms with Crippen molar-refractivity contribution in [2.75, 3.05) is 31.7 Å². The maximum atomic E-state index is 13.5. The number of nitrogens with zero attached hydrogens (tertiary/aromatic N) is 2. The molecule has 38 heavy (non-hydrogen) atoms. The van der Waals surface area contributed by atoms with Crippen molar-refractivity contribution in [3.8, 4) is 0 Å². The summed E-state index contributed by atoms with van der Waals surface area (Å²) in [5, 5.41) is 2.61. The summed E-state index contributed by atoms with van der Waals surface area (Å²) in [4.78, 5) is 29.5. The molecule has 0 radical (unpaired) electrons. The van der Waals surface area contributed by atoms with Gasteiger partial charge in [-0.15, -0.1) is 0 Å². The maximum absolute atomic E-state index is 13.5. The standard InChI is InChI=1S/C26H31IN3O7P/c1-3-36-38(33,37-4-2)23(27)25(35-18-17-34-19-20-11-7-5-8-12-20)30-16-15-22(29-26(30)32)28-24(31)21-13-9-6-10-14-21/h5-16,23,25H,3-4,17-19H2,1-2H3,(H,28,29,31,32)/t23-,25+/m1/s1. The number of benzene rings is 2. The van der Waals surface area contributed by atoms with Gasteiger partial charge in [-0.3, -0.25) is 13.9 Å². The van der Waals surface area contributed by atoms with E-state index in [0.29, 0.717) is 12.2 Å². The number of carbonyl (C=O) groups excluding carboxylic acids is 1. The van der Waals surface area contributed by atoms with Crippen molar-refractivity contribution in [2.24, 2.45) is 0 Å². The Hall–Kier alpha value is -2.41. The van der Waals surface area contributed by atoms with Crippen molar-refractivity contribution in [3.05, 3.63) is 94.5 Å². The highest BCUT2D eigenvalue weighted by atomic mass is 127. The molecule has 0 aliphatic carbocycles. The zero-order valence-electron chi connectivity index (χ0n) is 21.2. The first-order valence-corrected chi connectivity index (χ1v) is 15.0. The Balaban J connectivity index is 1.77. The fraction of sp³-hybridized carbons (Fsp3) is 0.346. The van der Waals surface area contributed by atoms with Crippen LogP contribution < -0.4 is 11.0 Å². The van der Waals surface area contributed by atoms with Gasteiger partial charge in [0.15, 0.2) is 9.89 Å². The zero-order chi connectivity index (χ0) is 27.4. The number of anilines is 1. The highest BCUT2D eigenvalue weighted by Gasteiger charge is 2.41. The van der Waals surface area contributed by atoms with Crippen LogP contribution >= 0.6 is 30.2 Å². The summed E-state index contributed by atoms with van der Waals surface area (Å²) in [6, 6.07) is 19.7. The van der Waals surface area contributed by atoms with Crippen LogP contribution in [0.15, 0.2) is 77.7 Å². The summed E-state index contributed by atoms with van der Waals surface area (Å²) in [5.41, 5.74) is 0.741. The van der Waals surface area contributed by atoms with Crippen molar-refractivity contribution < 1.29 is 27.9 Å². The Kier molecular flexibility index (Phi) is 12.1. The molecule has 0 unspecified atom stereocenters. The average molecular weight is 655 g/mol. The molecule has 1 heterocycles. The molecule has 2 atom stereocenters. The summed E-state index contributed by atoms with van der Waals surface area (Å²) in [6.45, 7) is 4.46. The van der Waals surface area contributed by atoms with E-state index >= 15 is 0 Å². The maximum Gasteiger partial charge on any atom is 0.351 e. The van der Waals surface area contributed by atoms with Gasteiger partial charge in [0.1, 0.15) is 5.82 Å². The van der Waals surface area contributed by atoms with E-state index in [1.807, 2.05) is 52.9 Å². The molecule has 3 aromatic rings. The van der Waals surface area contributed by atoms with Crippen LogP contribution in [0.25, 0.3) is 0 Å². The number of alkyl halides is 1. The van der Waals surface area contributed by atoms with Crippen molar-refractivity contribution in [3.63, 3.8) is 0 Å². The summed E-state index contributed by atoms with van der Waals surface area (Å²) < 4.78 is 36.6. The van der Waals surface area contributed by atoms with E-state index in [9.17, 15) is 14.2 Å². The molecule has 12 heteroatoms. The molecule has 0 spiro atoms. The van der Waals surface area contributed by atoms with Gasteiger partial charge in [0, 0.05) is 11.8 Å². The van der Waals surface area contributed by atoms with E-state index in [1.165, 1.54) is 16.8 Å². The van der Waals surface area contributed by atoms with Gasteiger partial charge in [-0.25, -0.2) is 4.79 Å². The zero-order valence-corrected chi connectivity index (χ0v) is 24.2. The molecule has 1 amide bonds. The first kappa shape index (κ1) is 30.1. The van der Waals surface area contributed by atoms with Crippen LogP contribution in [0.3, 0.4) is 0 Å². The van der Waals surface area contributed by atoms with Gasteiger partial charge in [-0.2, -0.15) is 4.98 Å². The van der Waals surface area contributed by atoms with Gasteiger partial charge < -0.3 is 23.8 Å². The number of amides is 1. The SMILES string of the molecule is CCOP(=O)(OCC)[C@@H](I)[C@H](OCCOCc1ccccc1)n1ccc(NC(=O)c2ccccc2)nc1=O. The van der Waals surface area contributed by atoms with E-state index in [0.717, 1.165) is 5.56 Å². The Bertz CT molecular complexity index is 1250. The largest absolute Gasteiger partial charge is 0.374 e. The number of hydrogen-bond donors (Lipinski definition) is 1. The van der Waals surface area contributed by atoms with Crippen molar-refractivity contribution in [1.29, 1.82) is 0 Å². The molecular weight excluding hydrogens is 624 g/mol. The third-order valence-corrected chi connectivity index (χ3v) is 9.92. The lowest BCUT2D eigenvalue weighted by atomic mass is 10.2. The van der Waals surface area contributed by atoms with Crippen LogP contribution in [0.4, 0.5) is 5.82 Å². The third kappa shape index (κ3) is 8.55. The van der Waals surface area contributed by atoms with Crippen molar-refractivity contribution >= 4 is 41.9 Å². The van der Waals surface area contributed by atoms with Crippen LogP contribution in [0.1, 0.15) is 36.0 Å². The third-order valence-electron chi connectivity index (χ3n) is 5.17. The lowest BCUT2D eigenvalue weighted by Gasteiger charge is -2.29. The molecule has 0 aliphatic rings. The summed E-state index contributed by atoms with van der Waals surface area (Å²) in [5.74, 6) is -0.324. The van der Waals surface area contributed by atoms with E-state index in [2.05, 4.69) is 10.3 Å². The Labute approximate surface area is 235 Å². The highest BCUT2D eigenvalue weighted by molar-refractivity contribution is 14.1. The second kappa shape index (κ2) is 15.2. The monoisotopic (exact) mass is 655 g/mol. The quantitative estimate of drug-likeness (QED) is 0.102. The molecule has 2 aromatic carbocycles. The minimum atomic E-state index is -3.67. The van der Waals surface area contributed by atoms with E-state index in [4.69, 9.17) is 18.5 Å². The number of ether oxygens (including phenoxy) is 2. The van der Waals surface area contributed by atoms with E-state index < -0.39 is 29.1 Å². The Morgan fingerprint density at radius 1 is 1.00 bits per heavy atom. The molecule has 3 rings (SSSR count). The van der Waals surface area contributed by atoms with E-state index in [1.54, 1.807) is 44.2 Å². The highest BCUT2D eigenvalue weighted by Crippen LogP contribution is 2.59. The fourth-order valence-electron chi connectivity index (χ4n) is 3.43. The topological polar surface area (TPSA) is 118 Å². The average Bonchev–Trinajstić information content (AvgIpc) is 2.92. The fourth-order valence-corrected chi connectivity index (χ4v) is 6.57. The summed E-state index contributed by atoms with van der Waals surface area (Å²) in [7, 11) is -3.67. The first-order chi connectivity index (χ1) is 18.4. The normalized spacial score (nSPS) is 13.1. The lowest BCUT2D eigenvalue weighted by molar-refractivity contribution is -0.0292. The number of nitrogens with one attached hydrogen (secondary N) is 1. The van der Waals surface area contributed by atoms with Crippen LogP contribution in [0.5, 0.6) is 0 Å². The Morgan fingerprint density at radius 2 is 1.63 bits per heavy atom. The molecule has 1 N–H and O–H groups in total. The predicted octanol–water partition coefficient (Wildman–Crippen LogP) is 5.25. The van der Waals surface area contributed by atoms with Crippen LogP contribution in [0.2, 0.25) is 0 Å². The van der Waals surface area contributed by atoms with Crippen LogP contribution in [0, 0.1) is 0 Å². The predicted molar refractivity (Wildman–Crippen MR) is 153 cm³/mol. The molecule has 0 fully saturated rings. The molecule has 0 aliphatic heterocycles. The molecular formula is C26H31IN3O7P. The molecule has 0 saturated carbocycles. The minimum absolute atomic E-state index is 0.0767. The van der Waals surface area contributed by atoms with Gasteiger partial charge in [-0.1, -0.05) is 71.1 Å². The lowest BCUT2D eigenvalue weighted by Crippen LogP contribution is -2.34. The van der Waals surface area contributed by atoms with Gasteiger partial charge in [0.25, 0.3) is 5.91 Å². The van der Waals surface area contributed by atoms with Gasteiger partial charge in [-0.05, 0) is 37.6 Å². The summed E-state index contributed by atoms with van der Waals surface area (Å²) in [6.07, 6.45) is 0.387. The van der Waals surface area contributed by atoms with Crippen LogP contribution in [-0.2, 0) is 29.7 Å². The number of aromatic nitrogens is 2. The smallest absolute Gasteiger partial charge is 0.351 e. The molecule has 0 saturated heterocycles. The molecule has 10 nitrogen and oxygen atoms in total. The Morgan fingerprint density at radius 3 is 2.24 bits per heavy atom. The van der Waals surface area contributed by atoms with Gasteiger partial charge >= 0.3 is 13.3 Å². The molecule has 0 bridgehead atoms. The van der Waals surface area contributed by atoms with Crippen molar-refractivity contribution in [1.82, 2.24) is 9.55 Å². The second-order valence-corrected chi connectivity index (χ2v) is 12.4. The van der Waals surface area contributed by atoms with Crippen molar-refractivity contribution in [2.45, 2.75) is 30.3 Å². The molecule has 204 valence electrons. The minimum Gasteiger partial charge on any atom is -0.374 e. The first-order valence-electron chi connectivity index (χ1n) is 12.1. The van der Waals surface area contributed by atoms with Gasteiger partial charge in [0.05, 0.1) is 33.0 Å². The number of hydrogen-bond acceptors (Lipinski definition) is 8. The van der Waals surface area contributed by atoms with Gasteiger partial charge in [0.2, 0.25) is 0 Å². The number of halogens is 1. The second-order valence-electron chi connectivity index (χ2n) is 7.87. The number of rotatable bonds is 15.